The molecule has 2 N–H and O–H groups in total. The number of amides is 1. The summed E-state index contributed by atoms with van der Waals surface area (Å²) in [6.45, 7) is 13.0. The lowest BCUT2D eigenvalue weighted by Gasteiger charge is -2.26. The van der Waals surface area contributed by atoms with Gasteiger partial charge in [-0.25, -0.2) is 4.79 Å². The highest BCUT2D eigenvalue weighted by Gasteiger charge is 2.32. The fourth-order valence-electron chi connectivity index (χ4n) is 2.51. The predicted octanol–water partition coefficient (Wildman–Crippen LogP) is 3.31. The molecule has 1 amide bonds. The molecule has 1 rings (SSSR count). The summed E-state index contributed by atoms with van der Waals surface area (Å²) >= 11 is 0. The quantitative estimate of drug-likeness (QED) is 0.754. The van der Waals surface area contributed by atoms with Crippen LogP contribution in [0.4, 0.5) is 4.79 Å². The molecule has 1 aliphatic carbocycles. The molecule has 0 aromatic rings. The van der Waals surface area contributed by atoms with E-state index in [1.807, 2.05) is 20.8 Å². The molecule has 0 radical (unpaired) electrons. The standard InChI is InChI=1S/C16H32N2O2/c1-11(2)9-12(3)18-14(13-7-8-13)10-17-15(19)20-16(4,5)6/h11-14,18H,7-10H2,1-6H3,(H,17,19). The molecule has 118 valence electrons. The number of ether oxygens (including phenoxy) is 1. The average Bonchev–Trinajstić information content (AvgIpc) is 3.03. The summed E-state index contributed by atoms with van der Waals surface area (Å²) in [6.07, 6.45) is 3.38. The third kappa shape index (κ3) is 7.73. The van der Waals surface area contributed by atoms with Gasteiger partial charge in [-0.05, 0) is 58.8 Å². The lowest BCUT2D eigenvalue weighted by Crippen LogP contribution is -2.47. The van der Waals surface area contributed by atoms with Crippen molar-refractivity contribution >= 4 is 6.09 Å². The van der Waals surface area contributed by atoms with Crippen molar-refractivity contribution in [2.75, 3.05) is 6.54 Å². The normalized spacial score (nSPS) is 18.8. The van der Waals surface area contributed by atoms with Crippen molar-refractivity contribution in [1.82, 2.24) is 10.6 Å². The van der Waals surface area contributed by atoms with E-state index in [0.29, 0.717) is 30.5 Å². The van der Waals surface area contributed by atoms with E-state index in [9.17, 15) is 4.79 Å². The van der Waals surface area contributed by atoms with Gasteiger partial charge in [-0.3, -0.25) is 0 Å². The molecule has 0 aromatic heterocycles. The fourth-order valence-corrected chi connectivity index (χ4v) is 2.51. The van der Waals surface area contributed by atoms with E-state index in [0.717, 1.165) is 6.42 Å². The number of carbonyl (C=O) groups excluding carboxylic acids is 1. The Balaban J connectivity index is 2.34. The molecular weight excluding hydrogens is 252 g/mol. The summed E-state index contributed by atoms with van der Waals surface area (Å²) in [5, 5.41) is 6.55. The van der Waals surface area contributed by atoms with Crippen LogP contribution in [0, 0.1) is 11.8 Å². The molecule has 4 nitrogen and oxygen atoms in total. The first-order chi connectivity index (χ1) is 9.17. The van der Waals surface area contributed by atoms with E-state index in [2.05, 4.69) is 31.4 Å². The Morgan fingerprint density at radius 3 is 2.30 bits per heavy atom. The van der Waals surface area contributed by atoms with Gasteiger partial charge in [-0.1, -0.05) is 13.8 Å². The third-order valence-electron chi connectivity index (χ3n) is 3.38. The van der Waals surface area contributed by atoms with E-state index in [1.54, 1.807) is 0 Å². The van der Waals surface area contributed by atoms with Gasteiger partial charge in [0.2, 0.25) is 0 Å². The molecule has 2 atom stereocenters. The van der Waals surface area contributed by atoms with Crippen LogP contribution in [0.25, 0.3) is 0 Å². The SMILES string of the molecule is CC(C)CC(C)NC(CNC(=O)OC(C)(C)C)C1CC1. The number of alkyl carbamates (subject to hydrolysis) is 1. The zero-order valence-electron chi connectivity index (χ0n) is 14.0. The topological polar surface area (TPSA) is 50.4 Å². The molecule has 0 bridgehead atoms. The van der Waals surface area contributed by atoms with Crippen molar-refractivity contribution in [2.45, 2.75) is 78.5 Å². The molecule has 1 aliphatic rings. The van der Waals surface area contributed by atoms with Crippen LogP contribution in [0.3, 0.4) is 0 Å². The molecule has 1 saturated carbocycles. The monoisotopic (exact) mass is 284 g/mol. The van der Waals surface area contributed by atoms with Crippen LogP contribution < -0.4 is 10.6 Å². The van der Waals surface area contributed by atoms with Gasteiger partial charge in [-0.15, -0.1) is 0 Å². The van der Waals surface area contributed by atoms with Crippen molar-refractivity contribution in [1.29, 1.82) is 0 Å². The van der Waals surface area contributed by atoms with Gasteiger partial charge in [0.25, 0.3) is 0 Å². The van der Waals surface area contributed by atoms with Gasteiger partial charge in [-0.2, -0.15) is 0 Å². The van der Waals surface area contributed by atoms with Gasteiger partial charge in [0, 0.05) is 18.6 Å². The van der Waals surface area contributed by atoms with E-state index < -0.39 is 5.60 Å². The number of hydrogen-bond acceptors (Lipinski definition) is 3. The maximum Gasteiger partial charge on any atom is 0.407 e. The number of hydrogen-bond donors (Lipinski definition) is 2. The third-order valence-corrected chi connectivity index (χ3v) is 3.38. The highest BCUT2D eigenvalue weighted by Crippen LogP contribution is 2.32. The Morgan fingerprint density at radius 2 is 1.85 bits per heavy atom. The number of carbonyl (C=O) groups is 1. The predicted molar refractivity (Wildman–Crippen MR) is 82.8 cm³/mol. The molecule has 20 heavy (non-hydrogen) atoms. The van der Waals surface area contributed by atoms with Gasteiger partial charge < -0.3 is 15.4 Å². The average molecular weight is 284 g/mol. The van der Waals surface area contributed by atoms with E-state index in [-0.39, 0.29) is 6.09 Å². The first-order valence-corrected chi connectivity index (χ1v) is 7.90. The molecule has 4 heteroatoms. The number of rotatable bonds is 7. The molecule has 2 unspecified atom stereocenters. The van der Waals surface area contributed by atoms with Crippen LogP contribution in [0.2, 0.25) is 0 Å². The number of nitrogens with one attached hydrogen (secondary N) is 2. The Bertz CT molecular complexity index is 306. The van der Waals surface area contributed by atoms with Crippen LogP contribution in [0.1, 0.15) is 60.8 Å². The van der Waals surface area contributed by atoms with Gasteiger partial charge >= 0.3 is 6.09 Å². The van der Waals surface area contributed by atoms with Crippen molar-refractivity contribution in [3.8, 4) is 0 Å². The van der Waals surface area contributed by atoms with Crippen molar-refractivity contribution < 1.29 is 9.53 Å². The first-order valence-electron chi connectivity index (χ1n) is 7.90. The van der Waals surface area contributed by atoms with Crippen LogP contribution in [0.5, 0.6) is 0 Å². The minimum Gasteiger partial charge on any atom is -0.444 e. The Morgan fingerprint density at radius 1 is 1.25 bits per heavy atom. The van der Waals surface area contributed by atoms with Crippen LogP contribution in [-0.4, -0.2) is 30.3 Å². The molecule has 0 aromatic carbocycles. The summed E-state index contributed by atoms with van der Waals surface area (Å²) in [4.78, 5) is 11.7. The summed E-state index contributed by atoms with van der Waals surface area (Å²) in [6, 6.07) is 0.859. The second kappa shape index (κ2) is 7.30. The lowest BCUT2D eigenvalue weighted by atomic mass is 10.0. The lowest BCUT2D eigenvalue weighted by molar-refractivity contribution is 0.0520. The Hall–Kier alpha value is -0.770. The maximum absolute atomic E-state index is 11.7. The minimum absolute atomic E-state index is 0.318. The van der Waals surface area contributed by atoms with Crippen molar-refractivity contribution in [3.63, 3.8) is 0 Å². The molecular formula is C16H32N2O2. The molecule has 1 fully saturated rings. The Labute approximate surface area is 124 Å². The molecule has 0 spiro atoms. The van der Waals surface area contributed by atoms with Crippen molar-refractivity contribution in [2.24, 2.45) is 11.8 Å². The fraction of sp³-hybridized carbons (Fsp3) is 0.938. The summed E-state index contributed by atoms with van der Waals surface area (Å²) < 4.78 is 5.28. The van der Waals surface area contributed by atoms with Crippen LogP contribution >= 0.6 is 0 Å². The maximum atomic E-state index is 11.7. The second-order valence-corrected chi connectivity index (χ2v) is 7.52. The smallest absolute Gasteiger partial charge is 0.407 e. The summed E-state index contributed by atoms with van der Waals surface area (Å²) in [7, 11) is 0. The van der Waals surface area contributed by atoms with Crippen LogP contribution in [-0.2, 0) is 4.74 Å². The zero-order valence-corrected chi connectivity index (χ0v) is 14.0. The van der Waals surface area contributed by atoms with E-state index in [1.165, 1.54) is 12.8 Å². The second-order valence-electron chi connectivity index (χ2n) is 7.52. The van der Waals surface area contributed by atoms with Gasteiger partial charge in [0.05, 0.1) is 0 Å². The highest BCUT2D eigenvalue weighted by molar-refractivity contribution is 5.67. The van der Waals surface area contributed by atoms with Crippen LogP contribution in [0.15, 0.2) is 0 Å². The highest BCUT2D eigenvalue weighted by atomic mass is 16.6. The molecule has 0 heterocycles. The summed E-state index contributed by atoms with van der Waals surface area (Å²) in [5.74, 6) is 1.40. The largest absolute Gasteiger partial charge is 0.444 e. The van der Waals surface area contributed by atoms with Gasteiger partial charge in [0.1, 0.15) is 5.60 Å². The van der Waals surface area contributed by atoms with Crippen molar-refractivity contribution in [3.05, 3.63) is 0 Å². The van der Waals surface area contributed by atoms with Gasteiger partial charge in [0.15, 0.2) is 0 Å². The molecule has 0 aliphatic heterocycles. The summed E-state index contributed by atoms with van der Waals surface area (Å²) in [5.41, 5.74) is -0.433. The van der Waals surface area contributed by atoms with E-state index in [4.69, 9.17) is 4.74 Å². The minimum atomic E-state index is -0.433. The first kappa shape index (κ1) is 17.3. The van der Waals surface area contributed by atoms with E-state index >= 15 is 0 Å². The molecule has 0 saturated heterocycles. The Kier molecular flexibility index (Phi) is 6.31. The zero-order chi connectivity index (χ0) is 15.3.